The lowest BCUT2D eigenvalue weighted by molar-refractivity contribution is -0.140. The molecule has 0 saturated carbocycles. The molecule has 1 rings (SSSR count). The zero-order valence-corrected chi connectivity index (χ0v) is 15.8. The van der Waals surface area contributed by atoms with Gasteiger partial charge in [0.2, 0.25) is 11.8 Å². The smallest absolute Gasteiger partial charge is 0.240 e. The van der Waals surface area contributed by atoms with Gasteiger partial charge in [0.15, 0.2) is 0 Å². The van der Waals surface area contributed by atoms with E-state index >= 15 is 0 Å². The Morgan fingerprint density at radius 1 is 1.17 bits per heavy atom. The minimum Gasteiger partial charge on any atom is -0.352 e. The Kier molecular flexibility index (Phi) is 9.00. The number of hydrogen-bond donors (Lipinski definition) is 1. The minimum absolute atomic E-state index is 0.0119. The van der Waals surface area contributed by atoms with Crippen molar-refractivity contribution in [1.29, 1.82) is 0 Å². The van der Waals surface area contributed by atoms with Crippen LogP contribution in [0.5, 0.6) is 0 Å². The number of amides is 2. The van der Waals surface area contributed by atoms with Crippen molar-refractivity contribution in [2.75, 3.05) is 52.4 Å². The molecule has 6 heteroatoms. The quantitative estimate of drug-likeness (QED) is 0.632. The standard InChI is InChI=1S/C18H34N4O2/c1-6-9-19-16(23)14-20-10-12-22(13-11-20)18(24)17(15(4)5)21(7-2)8-3/h6,15,17H,1,7-14H2,2-5H3,(H,19,23)/t17-/m1/s1. The van der Waals surface area contributed by atoms with E-state index in [1.54, 1.807) is 6.08 Å². The summed E-state index contributed by atoms with van der Waals surface area (Å²) in [7, 11) is 0. The van der Waals surface area contributed by atoms with Gasteiger partial charge in [0.05, 0.1) is 12.6 Å². The average molecular weight is 338 g/mol. The summed E-state index contributed by atoms with van der Waals surface area (Å²) in [6, 6.07) is -0.0533. The van der Waals surface area contributed by atoms with Gasteiger partial charge >= 0.3 is 0 Å². The summed E-state index contributed by atoms with van der Waals surface area (Å²) >= 11 is 0. The van der Waals surface area contributed by atoms with Gasteiger partial charge < -0.3 is 10.2 Å². The monoisotopic (exact) mass is 338 g/mol. The summed E-state index contributed by atoms with van der Waals surface area (Å²) in [5.41, 5.74) is 0. The fourth-order valence-electron chi connectivity index (χ4n) is 3.24. The third-order valence-corrected chi connectivity index (χ3v) is 4.58. The SMILES string of the molecule is C=CCNC(=O)CN1CCN(C(=O)[C@@H](C(C)C)N(CC)CC)CC1. The molecule has 138 valence electrons. The van der Waals surface area contributed by atoms with Crippen LogP contribution in [0.4, 0.5) is 0 Å². The second-order valence-corrected chi connectivity index (χ2v) is 6.60. The van der Waals surface area contributed by atoms with Crippen LogP contribution < -0.4 is 5.32 Å². The summed E-state index contributed by atoms with van der Waals surface area (Å²) in [6.45, 7) is 17.6. The van der Waals surface area contributed by atoms with Crippen LogP contribution in [0.15, 0.2) is 12.7 Å². The first-order valence-electron chi connectivity index (χ1n) is 9.07. The maximum Gasteiger partial charge on any atom is 0.240 e. The predicted octanol–water partition coefficient (Wildman–Crippen LogP) is 0.799. The maximum atomic E-state index is 12.9. The molecule has 0 bridgehead atoms. The Labute approximate surface area is 146 Å². The van der Waals surface area contributed by atoms with Crippen molar-refractivity contribution in [3.8, 4) is 0 Å². The van der Waals surface area contributed by atoms with Crippen LogP contribution in [0.3, 0.4) is 0 Å². The van der Waals surface area contributed by atoms with E-state index in [0.29, 0.717) is 32.1 Å². The van der Waals surface area contributed by atoms with Gasteiger partial charge in [-0.2, -0.15) is 0 Å². The Hall–Kier alpha value is -1.40. The number of nitrogens with zero attached hydrogens (tertiary/aromatic N) is 3. The largest absolute Gasteiger partial charge is 0.352 e. The van der Waals surface area contributed by atoms with Crippen LogP contribution in [0.2, 0.25) is 0 Å². The van der Waals surface area contributed by atoms with Crippen molar-refractivity contribution < 1.29 is 9.59 Å². The molecule has 0 aromatic rings. The van der Waals surface area contributed by atoms with Gasteiger partial charge in [0.1, 0.15) is 0 Å². The lowest BCUT2D eigenvalue weighted by Crippen LogP contribution is -2.57. The van der Waals surface area contributed by atoms with Gasteiger partial charge in [-0.3, -0.25) is 19.4 Å². The molecular weight excluding hydrogens is 304 g/mol. The lowest BCUT2D eigenvalue weighted by atomic mass is 10.0. The molecule has 0 aromatic heterocycles. The van der Waals surface area contributed by atoms with E-state index in [2.05, 4.69) is 49.4 Å². The number of rotatable bonds is 9. The van der Waals surface area contributed by atoms with Crippen LogP contribution in [0, 0.1) is 5.92 Å². The van der Waals surface area contributed by atoms with Gasteiger partial charge in [0.25, 0.3) is 0 Å². The first-order valence-corrected chi connectivity index (χ1v) is 9.07. The molecule has 2 amide bonds. The van der Waals surface area contributed by atoms with Gasteiger partial charge in [-0.15, -0.1) is 6.58 Å². The molecule has 1 aliphatic heterocycles. The van der Waals surface area contributed by atoms with E-state index in [9.17, 15) is 9.59 Å². The van der Waals surface area contributed by atoms with Crippen molar-refractivity contribution in [1.82, 2.24) is 20.0 Å². The van der Waals surface area contributed by atoms with E-state index in [1.165, 1.54) is 0 Å². The highest BCUT2D eigenvalue weighted by molar-refractivity contribution is 5.82. The Bertz CT molecular complexity index is 413. The van der Waals surface area contributed by atoms with E-state index in [1.807, 2.05) is 4.90 Å². The maximum absolute atomic E-state index is 12.9. The molecule has 1 N–H and O–H groups in total. The molecule has 0 unspecified atom stereocenters. The molecule has 0 radical (unpaired) electrons. The van der Waals surface area contributed by atoms with Crippen molar-refractivity contribution >= 4 is 11.8 Å². The van der Waals surface area contributed by atoms with Crippen LogP contribution in [0.1, 0.15) is 27.7 Å². The topological polar surface area (TPSA) is 55.9 Å². The summed E-state index contributed by atoms with van der Waals surface area (Å²) in [5.74, 6) is 0.530. The second kappa shape index (κ2) is 10.5. The zero-order valence-electron chi connectivity index (χ0n) is 15.8. The Morgan fingerprint density at radius 3 is 2.21 bits per heavy atom. The number of carbonyl (C=O) groups excluding carboxylic acids is 2. The van der Waals surface area contributed by atoms with Gasteiger partial charge in [0, 0.05) is 32.7 Å². The molecule has 1 saturated heterocycles. The van der Waals surface area contributed by atoms with E-state index in [-0.39, 0.29) is 17.9 Å². The number of nitrogens with one attached hydrogen (secondary N) is 1. The number of likely N-dealkylation sites (N-methyl/N-ethyl adjacent to an activating group) is 1. The predicted molar refractivity (Wildman–Crippen MR) is 97.8 cm³/mol. The average Bonchev–Trinajstić information content (AvgIpc) is 2.57. The lowest BCUT2D eigenvalue weighted by Gasteiger charge is -2.39. The van der Waals surface area contributed by atoms with Crippen molar-refractivity contribution in [3.63, 3.8) is 0 Å². The summed E-state index contributed by atoms with van der Waals surface area (Å²) in [5, 5.41) is 2.79. The molecule has 6 nitrogen and oxygen atoms in total. The Balaban J connectivity index is 2.54. The molecule has 1 fully saturated rings. The van der Waals surface area contributed by atoms with E-state index < -0.39 is 0 Å². The van der Waals surface area contributed by atoms with Crippen molar-refractivity contribution in [2.24, 2.45) is 5.92 Å². The van der Waals surface area contributed by atoms with Crippen molar-refractivity contribution in [3.05, 3.63) is 12.7 Å². The second-order valence-electron chi connectivity index (χ2n) is 6.60. The first kappa shape index (κ1) is 20.6. The number of hydrogen-bond acceptors (Lipinski definition) is 4. The summed E-state index contributed by atoms with van der Waals surface area (Å²) in [4.78, 5) is 31.0. The van der Waals surface area contributed by atoms with Crippen LogP contribution in [-0.4, -0.2) is 84.9 Å². The molecule has 0 aromatic carbocycles. The van der Waals surface area contributed by atoms with Crippen LogP contribution in [0.25, 0.3) is 0 Å². The van der Waals surface area contributed by atoms with Gasteiger partial charge in [-0.25, -0.2) is 0 Å². The molecule has 1 atom stereocenters. The molecule has 0 spiro atoms. The number of piperazine rings is 1. The highest BCUT2D eigenvalue weighted by Crippen LogP contribution is 2.15. The molecule has 1 heterocycles. The molecule has 24 heavy (non-hydrogen) atoms. The minimum atomic E-state index is -0.0533. The molecule has 0 aliphatic carbocycles. The highest BCUT2D eigenvalue weighted by atomic mass is 16.2. The molecule has 1 aliphatic rings. The highest BCUT2D eigenvalue weighted by Gasteiger charge is 2.32. The van der Waals surface area contributed by atoms with Crippen LogP contribution >= 0.6 is 0 Å². The number of carbonyl (C=O) groups is 2. The van der Waals surface area contributed by atoms with Crippen LogP contribution in [-0.2, 0) is 9.59 Å². The fraction of sp³-hybridized carbons (Fsp3) is 0.778. The van der Waals surface area contributed by atoms with E-state index in [0.717, 1.165) is 26.2 Å². The third kappa shape index (κ3) is 5.91. The summed E-state index contributed by atoms with van der Waals surface area (Å²) < 4.78 is 0. The normalized spacial score (nSPS) is 17.2. The van der Waals surface area contributed by atoms with Gasteiger partial charge in [-0.1, -0.05) is 33.8 Å². The zero-order chi connectivity index (χ0) is 18.1. The summed E-state index contributed by atoms with van der Waals surface area (Å²) in [6.07, 6.45) is 1.67. The van der Waals surface area contributed by atoms with Crippen molar-refractivity contribution in [2.45, 2.75) is 33.7 Å². The van der Waals surface area contributed by atoms with Gasteiger partial charge in [-0.05, 0) is 19.0 Å². The van der Waals surface area contributed by atoms with E-state index in [4.69, 9.17) is 0 Å². The fourth-order valence-corrected chi connectivity index (χ4v) is 3.24. The molecular formula is C18H34N4O2. The Morgan fingerprint density at radius 2 is 1.75 bits per heavy atom. The third-order valence-electron chi connectivity index (χ3n) is 4.58. The first-order chi connectivity index (χ1) is 11.4.